The van der Waals surface area contributed by atoms with Gasteiger partial charge >= 0.3 is 0 Å². The molecule has 3 N–H and O–H groups in total. The third-order valence-corrected chi connectivity index (χ3v) is 5.32. The van der Waals surface area contributed by atoms with Gasteiger partial charge < -0.3 is 16.0 Å². The molecule has 0 radical (unpaired) electrons. The average molecular weight is 496 g/mol. The maximum absolute atomic E-state index is 10.9. The highest BCUT2D eigenvalue weighted by molar-refractivity contribution is 5.88. The first kappa shape index (κ1) is 28.3. The highest BCUT2D eigenvalue weighted by Gasteiger charge is 2.13. The molecule has 1 atom stereocenters. The fourth-order valence-electron chi connectivity index (χ4n) is 3.52. The number of anilines is 2. The molecule has 0 saturated heterocycles. The van der Waals surface area contributed by atoms with Crippen molar-refractivity contribution in [2.24, 2.45) is 0 Å². The van der Waals surface area contributed by atoms with E-state index in [1.165, 1.54) is 12.1 Å². The second kappa shape index (κ2) is 13.1. The molecular weight excluding hydrogens is 465 g/mol. The summed E-state index contributed by atoms with van der Waals surface area (Å²) in [5.41, 5.74) is 9.25. The molecule has 1 aromatic carbocycles. The van der Waals surface area contributed by atoms with E-state index in [0.717, 1.165) is 43.7 Å². The van der Waals surface area contributed by atoms with Crippen molar-refractivity contribution in [3.05, 3.63) is 46.6 Å². The molecule has 3 rings (SSSR count). The maximum atomic E-state index is 10.9. The Hall–Kier alpha value is -2.75. The van der Waals surface area contributed by atoms with E-state index in [1.54, 1.807) is 24.4 Å². The number of nitro groups is 1. The number of non-ortho nitro benzene ring substituents is 1. The van der Waals surface area contributed by atoms with Crippen molar-refractivity contribution < 1.29 is 4.92 Å². The fraction of sp³-hybridized carbons (Fsp3) is 0.409. The van der Waals surface area contributed by atoms with Gasteiger partial charge in [-0.2, -0.15) is 0 Å². The van der Waals surface area contributed by atoms with Gasteiger partial charge in [-0.15, -0.1) is 24.8 Å². The number of rotatable bonds is 10. The molecule has 0 aliphatic rings. The number of hydrogen-bond acceptors (Lipinski definition) is 8. The minimum absolute atomic E-state index is 0. The highest BCUT2D eigenvalue weighted by Crippen LogP contribution is 2.26. The van der Waals surface area contributed by atoms with Gasteiger partial charge in [-0.25, -0.2) is 15.0 Å². The Labute approximate surface area is 206 Å². The summed E-state index contributed by atoms with van der Waals surface area (Å²) in [6.07, 6.45) is 3.77. The Morgan fingerprint density at radius 1 is 1.15 bits per heavy atom. The van der Waals surface area contributed by atoms with Crippen molar-refractivity contribution >= 4 is 53.2 Å². The molecule has 0 aliphatic carbocycles. The number of nitrogens with zero attached hydrogens (tertiary/aromatic N) is 5. The molecule has 0 spiro atoms. The van der Waals surface area contributed by atoms with Gasteiger partial charge in [0.1, 0.15) is 11.3 Å². The number of hydrogen-bond donors (Lipinski definition) is 2. The van der Waals surface area contributed by atoms with Crippen LogP contribution in [0.5, 0.6) is 0 Å². The van der Waals surface area contributed by atoms with Crippen LogP contribution in [0.4, 0.5) is 17.2 Å². The van der Waals surface area contributed by atoms with Crippen molar-refractivity contribution in [3.63, 3.8) is 0 Å². The molecule has 2 heterocycles. The third-order valence-electron chi connectivity index (χ3n) is 5.32. The Bertz CT molecular complexity index is 1050. The lowest BCUT2D eigenvalue weighted by Gasteiger charge is -2.20. The molecule has 0 bridgehead atoms. The molecule has 0 fully saturated rings. The van der Waals surface area contributed by atoms with Crippen LogP contribution in [0.15, 0.2) is 36.5 Å². The minimum Gasteiger partial charge on any atom is -0.384 e. The van der Waals surface area contributed by atoms with Crippen LogP contribution in [0.1, 0.15) is 33.6 Å². The number of nitrogens with two attached hydrogens (primary N) is 1. The second-order valence-corrected chi connectivity index (χ2v) is 7.54. The van der Waals surface area contributed by atoms with E-state index in [-0.39, 0.29) is 36.5 Å². The summed E-state index contributed by atoms with van der Waals surface area (Å²) >= 11 is 0. The van der Waals surface area contributed by atoms with Gasteiger partial charge in [0.05, 0.1) is 22.5 Å². The van der Waals surface area contributed by atoms with E-state index in [9.17, 15) is 10.1 Å². The lowest BCUT2D eigenvalue weighted by molar-refractivity contribution is -0.384. The zero-order chi connectivity index (χ0) is 22.4. The number of aromatic nitrogens is 3. The first-order chi connectivity index (χ1) is 14.9. The summed E-state index contributed by atoms with van der Waals surface area (Å²) in [6, 6.07) is 8.22. The monoisotopic (exact) mass is 495 g/mol. The predicted molar refractivity (Wildman–Crippen MR) is 138 cm³/mol. The summed E-state index contributed by atoms with van der Waals surface area (Å²) in [4.78, 5) is 26.3. The van der Waals surface area contributed by atoms with Gasteiger partial charge in [0.15, 0.2) is 5.65 Å². The van der Waals surface area contributed by atoms with Crippen LogP contribution in [0, 0.1) is 10.1 Å². The Morgan fingerprint density at radius 2 is 1.82 bits per heavy atom. The van der Waals surface area contributed by atoms with E-state index >= 15 is 0 Å². The number of fused-ring (bicyclic) bond motifs is 1. The van der Waals surface area contributed by atoms with Gasteiger partial charge in [-0.3, -0.25) is 10.1 Å². The Morgan fingerprint density at radius 3 is 2.42 bits per heavy atom. The number of nitrogens with one attached hydrogen (secondary N) is 1. The summed E-state index contributed by atoms with van der Waals surface area (Å²) in [5, 5.41) is 14.4. The van der Waals surface area contributed by atoms with Gasteiger partial charge in [0.25, 0.3) is 5.69 Å². The molecule has 0 aliphatic heterocycles. The van der Waals surface area contributed by atoms with Gasteiger partial charge in [-0.1, -0.05) is 13.8 Å². The quantitative estimate of drug-likeness (QED) is 0.299. The lowest BCUT2D eigenvalue weighted by Crippen LogP contribution is -2.25. The summed E-state index contributed by atoms with van der Waals surface area (Å²) in [6.45, 7) is 9.72. The number of halogens is 2. The molecule has 33 heavy (non-hydrogen) atoms. The zero-order valence-corrected chi connectivity index (χ0v) is 20.7. The van der Waals surface area contributed by atoms with Crippen LogP contribution in [-0.4, -0.2) is 50.5 Å². The third kappa shape index (κ3) is 7.38. The van der Waals surface area contributed by atoms with E-state index in [1.807, 2.05) is 0 Å². The second-order valence-electron chi connectivity index (χ2n) is 7.54. The molecule has 2 aromatic heterocycles. The number of benzene rings is 1. The van der Waals surface area contributed by atoms with Crippen LogP contribution >= 0.6 is 24.8 Å². The van der Waals surface area contributed by atoms with Crippen molar-refractivity contribution in [2.75, 3.05) is 30.7 Å². The SMILES string of the molecule is CCN(CC)CCCC(C)Nc1cc(N)nc2nc(-c3ccc([N+](=O)[O-])cc3)cnc12.Cl.Cl. The number of pyridine rings is 1. The molecule has 1 unspecified atom stereocenters. The van der Waals surface area contributed by atoms with Gasteiger partial charge in [-0.05, 0) is 51.5 Å². The Balaban J connectivity index is 0.00000272. The maximum Gasteiger partial charge on any atom is 0.269 e. The molecule has 9 nitrogen and oxygen atoms in total. The van der Waals surface area contributed by atoms with E-state index in [2.05, 4.69) is 45.9 Å². The number of nitrogen functional groups attached to an aromatic ring is 1. The van der Waals surface area contributed by atoms with Crippen LogP contribution < -0.4 is 11.1 Å². The predicted octanol–water partition coefficient (Wildman–Crippen LogP) is 4.95. The van der Waals surface area contributed by atoms with E-state index in [0.29, 0.717) is 22.7 Å². The number of nitro benzene ring substituents is 1. The first-order valence-corrected chi connectivity index (χ1v) is 10.6. The molecule has 0 amide bonds. The minimum atomic E-state index is -0.431. The zero-order valence-electron chi connectivity index (χ0n) is 19.0. The molecule has 0 saturated carbocycles. The topological polar surface area (TPSA) is 123 Å². The molecule has 11 heteroatoms. The largest absolute Gasteiger partial charge is 0.384 e. The highest BCUT2D eigenvalue weighted by atomic mass is 35.5. The van der Waals surface area contributed by atoms with Crippen molar-refractivity contribution in [2.45, 2.75) is 39.7 Å². The molecule has 3 aromatic rings. The lowest BCUT2D eigenvalue weighted by atomic mass is 10.1. The van der Waals surface area contributed by atoms with Crippen LogP contribution in [0.25, 0.3) is 22.4 Å². The van der Waals surface area contributed by atoms with Crippen molar-refractivity contribution in [3.8, 4) is 11.3 Å². The average Bonchev–Trinajstić information content (AvgIpc) is 2.76. The Kier molecular flexibility index (Phi) is 11.2. The smallest absolute Gasteiger partial charge is 0.269 e. The fourth-order valence-corrected chi connectivity index (χ4v) is 3.52. The van der Waals surface area contributed by atoms with Gasteiger partial charge in [0, 0.05) is 29.8 Å². The van der Waals surface area contributed by atoms with E-state index < -0.39 is 4.92 Å². The summed E-state index contributed by atoms with van der Waals surface area (Å²) in [5.74, 6) is 0.362. The van der Waals surface area contributed by atoms with Crippen LogP contribution in [0.3, 0.4) is 0 Å². The van der Waals surface area contributed by atoms with E-state index in [4.69, 9.17) is 5.73 Å². The van der Waals surface area contributed by atoms with Crippen LogP contribution in [-0.2, 0) is 0 Å². The van der Waals surface area contributed by atoms with Gasteiger partial charge in [0.2, 0.25) is 0 Å². The molecule has 180 valence electrons. The van der Waals surface area contributed by atoms with Crippen LogP contribution in [0.2, 0.25) is 0 Å². The normalized spacial score (nSPS) is 11.5. The summed E-state index contributed by atoms with van der Waals surface area (Å²) in [7, 11) is 0. The molecular formula is C22H31Cl2N7O2. The van der Waals surface area contributed by atoms with Crippen molar-refractivity contribution in [1.29, 1.82) is 0 Å². The first-order valence-electron chi connectivity index (χ1n) is 10.6. The standard InChI is InChI=1S/C22H29N7O2.2ClH/c1-4-28(5-2)12-6-7-15(3)25-18-13-20(23)27-22-21(18)24-14-19(26-22)16-8-10-17(11-9-16)29(30)31;;/h8-11,13-15H,4-7,12H2,1-3H3,(H3,23,25,26,27);2*1H. The summed E-state index contributed by atoms with van der Waals surface area (Å²) < 4.78 is 0. The van der Waals surface area contributed by atoms with Crippen molar-refractivity contribution in [1.82, 2.24) is 19.9 Å².